The van der Waals surface area contributed by atoms with Gasteiger partial charge in [-0.3, -0.25) is 4.68 Å². The number of hydrogen-bond donors (Lipinski definition) is 2. The lowest BCUT2D eigenvalue weighted by atomic mass is 10.4. The first-order valence-electron chi connectivity index (χ1n) is 6.06. The van der Waals surface area contributed by atoms with Gasteiger partial charge in [0.25, 0.3) is 0 Å². The van der Waals surface area contributed by atoms with Crippen molar-refractivity contribution in [1.82, 2.24) is 29.4 Å². The maximum Gasteiger partial charge on any atom is 0.242 e. The highest BCUT2D eigenvalue weighted by molar-refractivity contribution is 7.89. The minimum absolute atomic E-state index is 0.0689. The Bertz CT molecular complexity index is 688. The monoisotopic (exact) mass is 298 g/mol. The molecular weight excluding hydrogens is 280 g/mol. The molecule has 0 saturated carbocycles. The third-order valence-corrected chi connectivity index (χ3v) is 4.19. The largest absolute Gasteiger partial charge is 0.352 e. The highest BCUT2D eigenvalue weighted by Gasteiger charge is 2.17. The molecule has 0 aliphatic carbocycles. The topological polar surface area (TPSA) is 93.8 Å². The fourth-order valence-electron chi connectivity index (χ4n) is 1.79. The Morgan fingerprint density at radius 2 is 2.05 bits per heavy atom. The Kier molecular flexibility index (Phi) is 4.21. The highest BCUT2D eigenvalue weighted by atomic mass is 32.2. The van der Waals surface area contributed by atoms with Gasteiger partial charge in [-0.1, -0.05) is 0 Å². The van der Waals surface area contributed by atoms with Crippen LogP contribution in [-0.2, 0) is 37.2 Å². The number of hydrogen-bond acceptors (Lipinski definition) is 5. The predicted molar refractivity (Wildman–Crippen MR) is 73.2 cm³/mol. The van der Waals surface area contributed by atoms with Gasteiger partial charge in [0.2, 0.25) is 10.0 Å². The Labute approximate surface area is 117 Å². The number of nitrogens with one attached hydrogen (secondary N) is 2. The van der Waals surface area contributed by atoms with Crippen molar-refractivity contribution in [3.63, 3.8) is 0 Å². The van der Waals surface area contributed by atoms with Crippen LogP contribution in [0.2, 0.25) is 0 Å². The van der Waals surface area contributed by atoms with Crippen LogP contribution in [0.5, 0.6) is 0 Å². The van der Waals surface area contributed by atoms with E-state index >= 15 is 0 Å². The second-order valence-corrected chi connectivity index (χ2v) is 6.23. The summed E-state index contributed by atoms with van der Waals surface area (Å²) in [4.78, 5) is 4.21. The van der Waals surface area contributed by atoms with Crippen molar-refractivity contribution in [3.05, 3.63) is 30.1 Å². The summed E-state index contributed by atoms with van der Waals surface area (Å²) in [6, 6.07) is 1.64. The molecule has 0 bridgehead atoms. The van der Waals surface area contributed by atoms with Crippen LogP contribution in [0.4, 0.5) is 0 Å². The molecular formula is C11H18N6O2S. The Morgan fingerprint density at radius 1 is 1.30 bits per heavy atom. The van der Waals surface area contributed by atoms with E-state index in [0.29, 0.717) is 12.4 Å². The zero-order valence-electron chi connectivity index (χ0n) is 11.7. The van der Waals surface area contributed by atoms with E-state index in [4.69, 9.17) is 0 Å². The fraction of sp³-hybridized carbons (Fsp3) is 0.455. The van der Waals surface area contributed by atoms with Crippen molar-refractivity contribution in [2.75, 3.05) is 7.05 Å². The zero-order valence-corrected chi connectivity index (χ0v) is 12.5. The van der Waals surface area contributed by atoms with E-state index < -0.39 is 10.0 Å². The molecule has 110 valence electrons. The zero-order chi connectivity index (χ0) is 14.8. The number of sulfonamides is 1. The summed E-state index contributed by atoms with van der Waals surface area (Å²) in [6.07, 6.45) is 3.11. The van der Waals surface area contributed by atoms with Crippen LogP contribution in [0.15, 0.2) is 23.5 Å². The molecule has 2 rings (SSSR count). The van der Waals surface area contributed by atoms with Gasteiger partial charge in [0.05, 0.1) is 11.4 Å². The third kappa shape index (κ3) is 3.24. The summed E-state index contributed by atoms with van der Waals surface area (Å²) >= 11 is 0. The van der Waals surface area contributed by atoms with Crippen LogP contribution in [0.1, 0.15) is 11.5 Å². The van der Waals surface area contributed by atoms with E-state index in [2.05, 4.69) is 20.1 Å². The first kappa shape index (κ1) is 14.7. The van der Waals surface area contributed by atoms with Crippen LogP contribution >= 0.6 is 0 Å². The van der Waals surface area contributed by atoms with Crippen molar-refractivity contribution in [3.8, 4) is 0 Å². The first-order valence-corrected chi connectivity index (χ1v) is 7.54. The Morgan fingerprint density at radius 3 is 2.65 bits per heavy atom. The maximum absolute atomic E-state index is 12.2. The van der Waals surface area contributed by atoms with Gasteiger partial charge in [0, 0.05) is 32.5 Å². The molecule has 0 aromatic carbocycles. The van der Waals surface area contributed by atoms with Gasteiger partial charge in [-0.2, -0.15) is 5.10 Å². The van der Waals surface area contributed by atoms with E-state index in [9.17, 15) is 8.42 Å². The molecule has 0 aliphatic rings. The minimum atomic E-state index is -3.56. The number of rotatable bonds is 6. The molecule has 2 aromatic rings. The van der Waals surface area contributed by atoms with Crippen LogP contribution in [0, 0.1) is 0 Å². The molecule has 2 heterocycles. The second kappa shape index (κ2) is 5.73. The molecule has 8 nitrogen and oxygen atoms in total. The quantitative estimate of drug-likeness (QED) is 0.739. The van der Waals surface area contributed by atoms with Crippen LogP contribution in [0.25, 0.3) is 0 Å². The average Bonchev–Trinajstić information content (AvgIpc) is 2.95. The maximum atomic E-state index is 12.2. The van der Waals surface area contributed by atoms with E-state index in [0.717, 1.165) is 5.69 Å². The molecule has 0 amide bonds. The van der Waals surface area contributed by atoms with E-state index in [1.807, 2.05) is 14.1 Å². The Balaban J connectivity index is 2.11. The molecule has 2 N–H and O–H groups in total. The van der Waals surface area contributed by atoms with E-state index in [-0.39, 0.29) is 11.4 Å². The minimum Gasteiger partial charge on any atom is -0.352 e. The summed E-state index contributed by atoms with van der Waals surface area (Å²) in [5, 5.41) is 7.01. The summed E-state index contributed by atoms with van der Waals surface area (Å²) in [5.74, 6) is 0.433. The predicted octanol–water partition coefficient (Wildman–Crippen LogP) is -0.648. The number of aromatic nitrogens is 4. The molecule has 0 fully saturated rings. The second-order valence-electron chi connectivity index (χ2n) is 4.47. The molecule has 0 aliphatic heterocycles. The SMILES string of the molecule is CNCc1cc(S(=O)(=O)NCc2ncn(C)n2)cn1C. The highest BCUT2D eigenvalue weighted by Crippen LogP contribution is 2.13. The van der Waals surface area contributed by atoms with Gasteiger partial charge < -0.3 is 9.88 Å². The van der Waals surface area contributed by atoms with Crippen LogP contribution in [-0.4, -0.2) is 34.8 Å². The smallest absolute Gasteiger partial charge is 0.242 e. The molecule has 0 spiro atoms. The summed E-state index contributed by atoms with van der Waals surface area (Å²) in [5.41, 5.74) is 0.892. The van der Waals surface area contributed by atoms with Crippen molar-refractivity contribution >= 4 is 10.0 Å². The molecule has 9 heteroatoms. The van der Waals surface area contributed by atoms with Gasteiger partial charge >= 0.3 is 0 Å². The van der Waals surface area contributed by atoms with Crippen LogP contribution in [0.3, 0.4) is 0 Å². The molecule has 0 radical (unpaired) electrons. The van der Waals surface area contributed by atoms with Gasteiger partial charge in [-0.15, -0.1) is 0 Å². The summed E-state index contributed by atoms with van der Waals surface area (Å²) < 4.78 is 30.1. The standard InChI is InChI=1S/C11H18N6O2S/c1-12-5-9-4-10(7-16(9)2)20(18,19)14-6-11-13-8-17(3)15-11/h4,7-8,12,14H,5-6H2,1-3H3. The molecule has 0 unspecified atom stereocenters. The molecule has 0 saturated heterocycles. The van der Waals surface area contributed by atoms with E-state index in [1.165, 1.54) is 11.0 Å². The van der Waals surface area contributed by atoms with E-state index in [1.54, 1.807) is 23.9 Å². The van der Waals surface area contributed by atoms with Crippen LogP contribution < -0.4 is 10.0 Å². The van der Waals surface area contributed by atoms with Crippen molar-refractivity contribution in [2.24, 2.45) is 14.1 Å². The van der Waals surface area contributed by atoms with Crippen molar-refractivity contribution in [1.29, 1.82) is 0 Å². The van der Waals surface area contributed by atoms with Crippen molar-refractivity contribution < 1.29 is 8.42 Å². The third-order valence-electron chi connectivity index (χ3n) is 2.82. The number of nitrogens with zero attached hydrogens (tertiary/aromatic N) is 4. The van der Waals surface area contributed by atoms with Gasteiger partial charge in [0.1, 0.15) is 6.33 Å². The number of aryl methyl sites for hydroxylation is 2. The lowest BCUT2D eigenvalue weighted by Gasteiger charge is -2.01. The normalized spacial score (nSPS) is 11.9. The molecule has 2 aromatic heterocycles. The van der Waals surface area contributed by atoms with Gasteiger partial charge in [0.15, 0.2) is 5.82 Å². The lowest BCUT2D eigenvalue weighted by molar-refractivity contribution is 0.578. The molecule has 20 heavy (non-hydrogen) atoms. The lowest BCUT2D eigenvalue weighted by Crippen LogP contribution is -2.23. The van der Waals surface area contributed by atoms with Crippen molar-refractivity contribution in [2.45, 2.75) is 18.0 Å². The fourth-order valence-corrected chi connectivity index (χ4v) is 2.86. The van der Waals surface area contributed by atoms with Gasteiger partial charge in [-0.05, 0) is 13.1 Å². The average molecular weight is 298 g/mol. The Hall–Kier alpha value is -1.71. The van der Waals surface area contributed by atoms with Gasteiger partial charge in [-0.25, -0.2) is 18.1 Å². The summed E-state index contributed by atoms with van der Waals surface area (Å²) in [6.45, 7) is 0.674. The summed E-state index contributed by atoms with van der Waals surface area (Å²) in [7, 11) is 1.79. The first-order chi connectivity index (χ1) is 9.42. The molecule has 0 atom stereocenters.